The molecule has 0 radical (unpaired) electrons. The van der Waals surface area contributed by atoms with Crippen LogP contribution < -0.4 is 5.73 Å². The van der Waals surface area contributed by atoms with Gasteiger partial charge in [0.1, 0.15) is 0 Å². The van der Waals surface area contributed by atoms with Crippen LogP contribution in [0.1, 0.15) is 34.6 Å². The maximum absolute atomic E-state index is 5.85. The van der Waals surface area contributed by atoms with Gasteiger partial charge in [0.15, 0.2) is 0 Å². The molecule has 1 atom stereocenters. The van der Waals surface area contributed by atoms with Gasteiger partial charge in [-0.1, -0.05) is 13.8 Å². The first-order valence-corrected chi connectivity index (χ1v) is 5.00. The molecule has 1 unspecified atom stereocenters. The van der Waals surface area contributed by atoms with Gasteiger partial charge in [-0.15, -0.1) is 0 Å². The minimum absolute atomic E-state index is 0.245. The first kappa shape index (κ1) is 13.3. The van der Waals surface area contributed by atoms with E-state index in [0.717, 1.165) is 0 Å². The summed E-state index contributed by atoms with van der Waals surface area (Å²) in [6.45, 7) is 10.2. The summed E-state index contributed by atoms with van der Waals surface area (Å²) in [6, 6.07) is 0. The third-order valence-electron chi connectivity index (χ3n) is 2.23. The summed E-state index contributed by atoms with van der Waals surface area (Å²) in [5.41, 5.74) is 5.24. The van der Waals surface area contributed by atoms with E-state index in [1.54, 1.807) is 13.3 Å². The summed E-state index contributed by atoms with van der Waals surface area (Å²) < 4.78 is 0. The molecule has 82 valence electrons. The van der Waals surface area contributed by atoms with Gasteiger partial charge in [-0.2, -0.15) is 0 Å². The molecule has 0 aliphatic carbocycles. The van der Waals surface area contributed by atoms with Crippen LogP contribution in [0.3, 0.4) is 0 Å². The summed E-state index contributed by atoms with van der Waals surface area (Å²) in [6.07, 6.45) is 3.68. The smallest absolute Gasteiger partial charge is 0.0944 e. The molecular formula is C11H23N3. The van der Waals surface area contributed by atoms with Gasteiger partial charge in [0, 0.05) is 25.0 Å². The van der Waals surface area contributed by atoms with Crippen LogP contribution in [0, 0.1) is 5.92 Å². The summed E-state index contributed by atoms with van der Waals surface area (Å²) in [4.78, 5) is 8.57. The molecule has 3 nitrogen and oxygen atoms in total. The highest BCUT2D eigenvalue weighted by atomic mass is 14.9. The van der Waals surface area contributed by atoms with Crippen LogP contribution in [0.4, 0.5) is 0 Å². The molecule has 14 heavy (non-hydrogen) atoms. The monoisotopic (exact) mass is 197 g/mol. The Labute approximate surface area is 87.5 Å². The molecule has 0 aromatic rings. The topological polar surface area (TPSA) is 50.7 Å². The van der Waals surface area contributed by atoms with Gasteiger partial charge < -0.3 is 5.73 Å². The van der Waals surface area contributed by atoms with Crippen molar-refractivity contribution in [3.05, 3.63) is 0 Å². The Kier molecular flexibility index (Phi) is 4.46. The molecule has 0 aromatic carbocycles. The molecule has 2 N–H and O–H groups in total. The molecule has 0 aliphatic heterocycles. The molecule has 0 saturated heterocycles. The van der Waals surface area contributed by atoms with Crippen LogP contribution in [-0.2, 0) is 0 Å². The molecule has 0 aromatic heterocycles. The Hall–Kier alpha value is -0.700. The number of nitrogens with two attached hydrogens (primary N) is 1. The van der Waals surface area contributed by atoms with E-state index in [0.29, 0.717) is 5.92 Å². The number of hydrogen-bond donors (Lipinski definition) is 1. The zero-order chi connectivity index (χ0) is 11.4. The van der Waals surface area contributed by atoms with Gasteiger partial charge in [-0.05, 0) is 26.7 Å². The Balaban J connectivity index is 4.79. The van der Waals surface area contributed by atoms with Crippen molar-refractivity contribution in [2.45, 2.75) is 45.7 Å². The van der Waals surface area contributed by atoms with E-state index in [2.05, 4.69) is 30.8 Å². The second-order valence-electron chi connectivity index (χ2n) is 4.85. The summed E-state index contributed by atoms with van der Waals surface area (Å²) >= 11 is 0. The predicted molar refractivity (Wildman–Crippen MR) is 64.4 cm³/mol. The minimum Gasteiger partial charge on any atom is -0.321 e. The van der Waals surface area contributed by atoms with E-state index >= 15 is 0 Å². The quantitative estimate of drug-likeness (QED) is 0.688. The van der Waals surface area contributed by atoms with E-state index in [1.807, 2.05) is 20.1 Å². The molecule has 0 fully saturated rings. The van der Waals surface area contributed by atoms with Gasteiger partial charge >= 0.3 is 0 Å². The molecule has 0 rings (SSSR count). The van der Waals surface area contributed by atoms with E-state index < -0.39 is 0 Å². The van der Waals surface area contributed by atoms with Crippen LogP contribution >= 0.6 is 0 Å². The van der Waals surface area contributed by atoms with Crippen LogP contribution in [0.15, 0.2) is 9.98 Å². The van der Waals surface area contributed by atoms with Crippen LogP contribution in [-0.4, -0.2) is 30.6 Å². The first-order chi connectivity index (χ1) is 6.21. The Morgan fingerprint density at radius 3 is 1.93 bits per heavy atom. The van der Waals surface area contributed by atoms with Crippen molar-refractivity contribution < 1.29 is 0 Å². The van der Waals surface area contributed by atoms with Crippen molar-refractivity contribution in [3.63, 3.8) is 0 Å². The molecule has 0 heterocycles. The zero-order valence-corrected chi connectivity index (χ0v) is 10.2. The van der Waals surface area contributed by atoms with Crippen molar-refractivity contribution in [3.8, 4) is 0 Å². The van der Waals surface area contributed by atoms with Crippen molar-refractivity contribution in [2.75, 3.05) is 7.05 Å². The summed E-state index contributed by atoms with van der Waals surface area (Å²) in [5, 5.41) is 0. The summed E-state index contributed by atoms with van der Waals surface area (Å²) in [7, 11) is 1.77. The minimum atomic E-state index is -0.363. The molecular weight excluding hydrogens is 174 g/mol. The van der Waals surface area contributed by atoms with Crippen molar-refractivity contribution in [1.82, 2.24) is 0 Å². The van der Waals surface area contributed by atoms with Crippen molar-refractivity contribution in [2.24, 2.45) is 21.6 Å². The van der Waals surface area contributed by atoms with Crippen molar-refractivity contribution in [1.29, 1.82) is 0 Å². The standard InChI is InChI=1S/C11H23N3/c1-9(2)11(5,8-13-6)14-7-10(3,4)12/h7-9H,12H2,1-6H3/b13-8-,14-7-. The highest BCUT2D eigenvalue weighted by Gasteiger charge is 2.25. The highest BCUT2D eigenvalue weighted by Crippen LogP contribution is 2.19. The van der Waals surface area contributed by atoms with Crippen LogP contribution in [0.2, 0.25) is 0 Å². The fraction of sp³-hybridized carbons (Fsp3) is 0.818. The molecule has 0 aliphatic rings. The van der Waals surface area contributed by atoms with Crippen LogP contribution in [0.5, 0.6) is 0 Å². The normalized spacial score (nSPS) is 18.3. The SMILES string of the molecule is C/N=C\C(C)(/N=C\C(C)(C)N)C(C)C. The Morgan fingerprint density at radius 2 is 1.64 bits per heavy atom. The molecule has 0 spiro atoms. The lowest BCUT2D eigenvalue weighted by Crippen LogP contribution is -2.38. The van der Waals surface area contributed by atoms with Crippen LogP contribution in [0.25, 0.3) is 0 Å². The summed E-state index contributed by atoms with van der Waals surface area (Å²) in [5.74, 6) is 0.407. The van der Waals surface area contributed by atoms with Gasteiger partial charge in [-0.25, -0.2) is 0 Å². The average molecular weight is 197 g/mol. The fourth-order valence-corrected chi connectivity index (χ4v) is 0.898. The number of rotatable bonds is 4. The fourth-order valence-electron chi connectivity index (χ4n) is 0.898. The molecule has 0 saturated carbocycles. The number of nitrogens with zero attached hydrogens (tertiary/aromatic N) is 2. The zero-order valence-electron chi connectivity index (χ0n) is 10.2. The maximum Gasteiger partial charge on any atom is 0.0944 e. The van der Waals surface area contributed by atoms with Gasteiger partial charge in [0.2, 0.25) is 0 Å². The van der Waals surface area contributed by atoms with E-state index in [9.17, 15) is 0 Å². The third-order valence-corrected chi connectivity index (χ3v) is 2.23. The largest absolute Gasteiger partial charge is 0.321 e. The average Bonchev–Trinajstić information content (AvgIpc) is 2.00. The first-order valence-electron chi connectivity index (χ1n) is 5.00. The number of aliphatic imine (C=N–C) groups is 2. The maximum atomic E-state index is 5.85. The lowest BCUT2D eigenvalue weighted by molar-refractivity contribution is 0.457. The van der Waals surface area contributed by atoms with E-state index in [-0.39, 0.29) is 11.1 Å². The Bertz CT molecular complexity index is 223. The lowest BCUT2D eigenvalue weighted by Gasteiger charge is -2.26. The second kappa shape index (κ2) is 4.69. The third kappa shape index (κ3) is 4.51. The molecule has 0 bridgehead atoms. The predicted octanol–water partition coefficient (Wildman–Crippen LogP) is 1.91. The lowest BCUT2D eigenvalue weighted by atomic mass is 9.90. The van der Waals surface area contributed by atoms with Gasteiger partial charge in [-0.3, -0.25) is 9.98 Å². The number of hydrogen-bond acceptors (Lipinski definition) is 3. The Morgan fingerprint density at radius 1 is 1.14 bits per heavy atom. The van der Waals surface area contributed by atoms with E-state index in [4.69, 9.17) is 5.73 Å². The van der Waals surface area contributed by atoms with Gasteiger partial charge in [0.05, 0.1) is 5.54 Å². The second-order valence-corrected chi connectivity index (χ2v) is 4.85. The van der Waals surface area contributed by atoms with Crippen molar-refractivity contribution >= 4 is 12.4 Å². The highest BCUT2D eigenvalue weighted by molar-refractivity contribution is 5.76. The molecule has 0 amide bonds. The molecule has 3 heteroatoms. The van der Waals surface area contributed by atoms with E-state index in [1.165, 1.54) is 0 Å². The van der Waals surface area contributed by atoms with Gasteiger partial charge in [0.25, 0.3) is 0 Å².